The van der Waals surface area contributed by atoms with Crippen LogP contribution in [0, 0.1) is 11.3 Å². The van der Waals surface area contributed by atoms with Crippen molar-refractivity contribution < 1.29 is 28.2 Å². The minimum absolute atomic E-state index is 0.0956. The maximum atomic E-state index is 12.3. The van der Waals surface area contributed by atoms with Crippen LogP contribution in [-0.2, 0) is 22.6 Å². The number of nitriles is 1. The van der Waals surface area contributed by atoms with Crippen molar-refractivity contribution >= 4 is 18.0 Å². The quantitative estimate of drug-likeness (QED) is 0.189. The first-order valence-electron chi connectivity index (χ1n) is 11.0. The van der Waals surface area contributed by atoms with Crippen molar-refractivity contribution in [2.75, 3.05) is 13.7 Å². The predicted octanol–water partition coefficient (Wildman–Crippen LogP) is 4.45. The van der Waals surface area contributed by atoms with Crippen molar-refractivity contribution in [3.63, 3.8) is 0 Å². The van der Waals surface area contributed by atoms with Gasteiger partial charge in [0.2, 0.25) is 0 Å². The number of amides is 1. The van der Waals surface area contributed by atoms with Gasteiger partial charge in [-0.3, -0.25) is 4.79 Å². The molecule has 0 atom stereocenters. The molecule has 0 aliphatic carbocycles. The summed E-state index contributed by atoms with van der Waals surface area (Å²) in [6.07, 6.45) is 4.95. The zero-order valence-corrected chi connectivity index (χ0v) is 19.6. The van der Waals surface area contributed by atoms with E-state index in [2.05, 4.69) is 12.2 Å². The fourth-order valence-electron chi connectivity index (χ4n) is 3.18. The molecule has 180 valence electrons. The summed E-state index contributed by atoms with van der Waals surface area (Å²) in [7, 11) is 1.43. The van der Waals surface area contributed by atoms with Crippen LogP contribution in [0.25, 0.3) is 6.08 Å². The van der Waals surface area contributed by atoms with Gasteiger partial charge in [-0.25, -0.2) is 4.79 Å². The molecule has 0 unspecified atom stereocenters. The van der Waals surface area contributed by atoms with Crippen LogP contribution >= 0.6 is 0 Å². The number of ether oxygens (including phenoxy) is 3. The molecular weight excluding hydrogens is 448 g/mol. The van der Waals surface area contributed by atoms with Crippen molar-refractivity contribution in [3.8, 4) is 23.3 Å². The van der Waals surface area contributed by atoms with Crippen LogP contribution in [0.3, 0.4) is 0 Å². The van der Waals surface area contributed by atoms with Crippen LogP contribution in [0.2, 0.25) is 0 Å². The second-order valence-corrected chi connectivity index (χ2v) is 7.50. The molecule has 1 N–H and O–H groups in total. The van der Waals surface area contributed by atoms with Gasteiger partial charge >= 0.3 is 5.97 Å². The summed E-state index contributed by atoms with van der Waals surface area (Å²) in [6.45, 7) is 2.00. The normalized spacial score (nSPS) is 10.8. The molecule has 3 rings (SSSR count). The van der Waals surface area contributed by atoms with Gasteiger partial charge in [-0.1, -0.05) is 31.5 Å². The van der Waals surface area contributed by atoms with E-state index in [0.717, 1.165) is 12.8 Å². The Morgan fingerprint density at radius 1 is 1.11 bits per heavy atom. The molecule has 0 aliphatic heterocycles. The van der Waals surface area contributed by atoms with Crippen molar-refractivity contribution in [1.82, 2.24) is 5.32 Å². The highest BCUT2D eigenvalue weighted by molar-refractivity contribution is 6.01. The van der Waals surface area contributed by atoms with E-state index >= 15 is 0 Å². The molecule has 0 saturated heterocycles. The molecule has 0 fully saturated rings. The highest BCUT2D eigenvalue weighted by atomic mass is 16.6. The first-order valence-corrected chi connectivity index (χ1v) is 11.0. The summed E-state index contributed by atoms with van der Waals surface area (Å²) in [4.78, 5) is 24.6. The molecule has 0 bridgehead atoms. The number of rotatable bonds is 11. The Hall–Kier alpha value is -4.51. The third-order valence-electron chi connectivity index (χ3n) is 4.91. The Labute approximate surface area is 203 Å². The SMILES string of the molecule is CCCc1ccc(OCC(=O)Oc2ccc(/C=C(\C#N)C(=O)NCc3ccco3)cc2OC)cc1. The van der Waals surface area contributed by atoms with Crippen LogP contribution in [-0.4, -0.2) is 25.6 Å². The van der Waals surface area contributed by atoms with E-state index < -0.39 is 11.9 Å². The molecule has 1 heterocycles. The van der Waals surface area contributed by atoms with Crippen molar-refractivity contribution in [2.24, 2.45) is 0 Å². The number of methoxy groups -OCH3 is 1. The number of nitrogens with one attached hydrogen (secondary N) is 1. The first-order chi connectivity index (χ1) is 17.0. The molecule has 1 aromatic heterocycles. The third-order valence-corrected chi connectivity index (χ3v) is 4.91. The minimum atomic E-state index is -0.598. The Morgan fingerprint density at radius 2 is 1.91 bits per heavy atom. The lowest BCUT2D eigenvalue weighted by Crippen LogP contribution is -2.23. The van der Waals surface area contributed by atoms with E-state index in [-0.39, 0.29) is 30.2 Å². The van der Waals surface area contributed by atoms with E-state index in [1.807, 2.05) is 30.3 Å². The Kier molecular flexibility index (Phi) is 9.08. The number of carbonyl (C=O) groups excluding carboxylic acids is 2. The second kappa shape index (κ2) is 12.7. The summed E-state index contributed by atoms with van der Waals surface area (Å²) in [5, 5.41) is 12.0. The molecule has 0 aliphatic rings. The Balaban J connectivity index is 1.60. The second-order valence-electron chi connectivity index (χ2n) is 7.50. The molecule has 3 aromatic rings. The summed E-state index contributed by atoms with van der Waals surface area (Å²) in [6, 6.07) is 17.6. The van der Waals surface area contributed by atoms with Gasteiger partial charge in [0.15, 0.2) is 18.1 Å². The average Bonchev–Trinajstić information content (AvgIpc) is 3.40. The molecule has 35 heavy (non-hydrogen) atoms. The maximum absolute atomic E-state index is 12.3. The van der Waals surface area contributed by atoms with Gasteiger partial charge in [-0.05, 0) is 60.0 Å². The number of benzene rings is 2. The molecular formula is C27H26N2O6. The molecule has 2 aromatic carbocycles. The Bertz CT molecular complexity index is 1210. The summed E-state index contributed by atoms with van der Waals surface area (Å²) >= 11 is 0. The first kappa shape index (κ1) is 25.1. The van der Waals surface area contributed by atoms with Gasteiger partial charge in [-0.2, -0.15) is 5.26 Å². The number of aryl methyl sites for hydroxylation is 1. The topological polar surface area (TPSA) is 111 Å². The fourth-order valence-corrected chi connectivity index (χ4v) is 3.18. The summed E-state index contributed by atoms with van der Waals surface area (Å²) in [5.41, 5.74) is 1.63. The standard InChI is InChI=1S/C27H26N2O6/c1-3-5-19-7-10-22(11-8-19)34-18-26(30)35-24-12-9-20(15-25(24)32-2)14-21(16-28)27(31)29-17-23-6-4-13-33-23/h4,6-15H,3,5,17-18H2,1-2H3,(H,29,31)/b21-14+. The Morgan fingerprint density at radius 3 is 2.57 bits per heavy atom. The van der Waals surface area contributed by atoms with Crippen molar-refractivity contribution in [1.29, 1.82) is 5.26 Å². The van der Waals surface area contributed by atoms with Gasteiger partial charge < -0.3 is 23.9 Å². The fraction of sp³-hybridized carbons (Fsp3) is 0.222. The highest BCUT2D eigenvalue weighted by Gasteiger charge is 2.14. The van der Waals surface area contributed by atoms with Gasteiger partial charge in [-0.15, -0.1) is 0 Å². The summed E-state index contributed by atoms with van der Waals surface area (Å²) in [5.74, 6) is 0.462. The molecule has 8 heteroatoms. The average molecular weight is 475 g/mol. The van der Waals surface area contributed by atoms with Crippen molar-refractivity contribution in [2.45, 2.75) is 26.3 Å². The maximum Gasteiger partial charge on any atom is 0.349 e. The predicted molar refractivity (Wildman–Crippen MR) is 129 cm³/mol. The monoisotopic (exact) mass is 474 g/mol. The lowest BCUT2D eigenvalue weighted by Gasteiger charge is -2.11. The number of hydrogen-bond donors (Lipinski definition) is 1. The number of esters is 1. The number of furan rings is 1. The van der Waals surface area contributed by atoms with E-state index in [1.54, 1.807) is 24.3 Å². The lowest BCUT2D eigenvalue weighted by molar-refractivity contribution is -0.136. The van der Waals surface area contributed by atoms with Crippen molar-refractivity contribution in [3.05, 3.63) is 83.3 Å². The zero-order valence-electron chi connectivity index (χ0n) is 19.6. The van der Waals surface area contributed by atoms with Gasteiger partial charge in [0, 0.05) is 0 Å². The minimum Gasteiger partial charge on any atom is -0.493 e. The van der Waals surface area contributed by atoms with Crippen LogP contribution in [0.5, 0.6) is 17.2 Å². The highest BCUT2D eigenvalue weighted by Crippen LogP contribution is 2.29. The largest absolute Gasteiger partial charge is 0.493 e. The lowest BCUT2D eigenvalue weighted by atomic mass is 10.1. The molecule has 0 spiro atoms. The number of nitrogens with zero attached hydrogens (tertiary/aromatic N) is 1. The van der Waals surface area contributed by atoms with E-state index in [9.17, 15) is 14.9 Å². The van der Waals surface area contributed by atoms with E-state index in [0.29, 0.717) is 17.1 Å². The van der Waals surface area contributed by atoms with E-state index in [1.165, 1.54) is 31.1 Å². The van der Waals surface area contributed by atoms with Gasteiger partial charge in [0.1, 0.15) is 23.2 Å². The van der Waals surface area contributed by atoms with Crippen LogP contribution < -0.4 is 19.5 Å². The van der Waals surface area contributed by atoms with Crippen LogP contribution in [0.15, 0.2) is 70.9 Å². The molecule has 1 amide bonds. The van der Waals surface area contributed by atoms with E-state index in [4.69, 9.17) is 18.6 Å². The molecule has 0 radical (unpaired) electrons. The summed E-state index contributed by atoms with van der Waals surface area (Å²) < 4.78 is 21.3. The smallest absolute Gasteiger partial charge is 0.349 e. The van der Waals surface area contributed by atoms with Gasteiger partial charge in [0.25, 0.3) is 5.91 Å². The van der Waals surface area contributed by atoms with Crippen LogP contribution in [0.1, 0.15) is 30.2 Å². The number of hydrogen-bond acceptors (Lipinski definition) is 7. The van der Waals surface area contributed by atoms with Gasteiger partial charge in [0.05, 0.1) is 19.9 Å². The number of carbonyl (C=O) groups is 2. The zero-order chi connectivity index (χ0) is 25.0. The van der Waals surface area contributed by atoms with Crippen LogP contribution in [0.4, 0.5) is 0 Å². The third kappa shape index (κ3) is 7.51. The molecule has 0 saturated carbocycles. The molecule has 8 nitrogen and oxygen atoms in total.